The lowest BCUT2D eigenvalue weighted by molar-refractivity contribution is -0.534. The molecule has 0 amide bonds. The Kier molecular flexibility index (Phi) is 4.22. The van der Waals surface area contributed by atoms with Crippen molar-refractivity contribution in [1.82, 2.24) is 0 Å². The third-order valence-corrected chi connectivity index (χ3v) is 5.30. The van der Waals surface area contributed by atoms with E-state index in [1.165, 1.54) is 25.1 Å². The van der Waals surface area contributed by atoms with E-state index in [1.807, 2.05) is 54.6 Å². The summed E-state index contributed by atoms with van der Waals surface area (Å²) in [6.45, 7) is 1.62. The molecule has 0 bridgehead atoms. The van der Waals surface area contributed by atoms with Crippen molar-refractivity contribution in [3.63, 3.8) is 0 Å². The lowest BCUT2D eigenvalue weighted by Gasteiger charge is -2.29. The highest BCUT2D eigenvalue weighted by Crippen LogP contribution is 2.38. The minimum absolute atomic E-state index is 0.609. The SMILES string of the molecule is COc1ccc(N2C3=[N+](CCCCC3)C[C@@]2(O)c2ccccc2)cc1. The van der Waals surface area contributed by atoms with Crippen LogP contribution in [0.1, 0.15) is 31.2 Å². The number of rotatable bonds is 3. The molecule has 4 nitrogen and oxygen atoms in total. The van der Waals surface area contributed by atoms with Crippen LogP contribution in [0.3, 0.4) is 0 Å². The van der Waals surface area contributed by atoms with Crippen LogP contribution < -0.4 is 9.64 Å². The topological polar surface area (TPSA) is 35.7 Å². The number of hydrogen-bond donors (Lipinski definition) is 1. The van der Waals surface area contributed by atoms with Crippen LogP contribution in [0.25, 0.3) is 0 Å². The number of hydrogen-bond acceptors (Lipinski definition) is 3. The predicted molar refractivity (Wildman–Crippen MR) is 99.3 cm³/mol. The van der Waals surface area contributed by atoms with Crippen molar-refractivity contribution in [2.45, 2.75) is 31.4 Å². The highest BCUT2D eigenvalue weighted by Gasteiger charge is 2.53. The van der Waals surface area contributed by atoms with E-state index < -0.39 is 5.72 Å². The minimum Gasteiger partial charge on any atom is -0.497 e. The molecule has 2 heterocycles. The summed E-state index contributed by atoms with van der Waals surface area (Å²) in [7, 11) is 1.67. The number of ether oxygens (including phenoxy) is 1. The highest BCUT2D eigenvalue weighted by atomic mass is 16.5. The van der Waals surface area contributed by atoms with E-state index in [0.29, 0.717) is 6.54 Å². The lowest BCUT2D eigenvalue weighted by Crippen LogP contribution is -2.47. The summed E-state index contributed by atoms with van der Waals surface area (Å²) in [5.74, 6) is 2.06. The van der Waals surface area contributed by atoms with E-state index in [4.69, 9.17) is 4.74 Å². The van der Waals surface area contributed by atoms with Gasteiger partial charge in [0.1, 0.15) is 11.4 Å². The summed E-state index contributed by atoms with van der Waals surface area (Å²) in [5, 5.41) is 11.8. The zero-order valence-corrected chi connectivity index (χ0v) is 14.7. The van der Waals surface area contributed by atoms with Gasteiger partial charge in [-0.3, -0.25) is 4.58 Å². The lowest BCUT2D eigenvalue weighted by atomic mass is 10.00. The molecule has 2 aromatic carbocycles. The van der Waals surface area contributed by atoms with Gasteiger partial charge in [-0.15, -0.1) is 0 Å². The van der Waals surface area contributed by atoms with Crippen molar-refractivity contribution in [2.75, 3.05) is 25.1 Å². The fourth-order valence-electron chi connectivity index (χ4n) is 4.04. The van der Waals surface area contributed by atoms with Crippen LogP contribution in [0, 0.1) is 0 Å². The molecule has 0 unspecified atom stereocenters. The second-order valence-corrected chi connectivity index (χ2v) is 6.86. The second kappa shape index (κ2) is 6.52. The van der Waals surface area contributed by atoms with Gasteiger partial charge in [0, 0.05) is 12.0 Å². The van der Waals surface area contributed by atoms with Gasteiger partial charge in [-0.1, -0.05) is 30.3 Å². The van der Waals surface area contributed by atoms with Crippen LogP contribution in [0.15, 0.2) is 54.6 Å². The maximum Gasteiger partial charge on any atom is 0.275 e. The smallest absolute Gasteiger partial charge is 0.275 e. The number of benzene rings is 2. The minimum atomic E-state index is -1.04. The fraction of sp³-hybridized carbons (Fsp3) is 0.381. The van der Waals surface area contributed by atoms with Crippen molar-refractivity contribution in [3.8, 4) is 5.75 Å². The second-order valence-electron chi connectivity index (χ2n) is 6.86. The molecule has 0 aromatic heterocycles. The van der Waals surface area contributed by atoms with E-state index in [-0.39, 0.29) is 0 Å². The molecule has 2 aliphatic heterocycles. The first-order valence-corrected chi connectivity index (χ1v) is 9.05. The maximum atomic E-state index is 11.8. The molecular formula is C21H25N2O2+. The third kappa shape index (κ3) is 2.81. The quantitative estimate of drug-likeness (QED) is 0.873. The average molecular weight is 337 g/mol. The van der Waals surface area contributed by atoms with Crippen molar-refractivity contribution in [3.05, 3.63) is 60.2 Å². The van der Waals surface area contributed by atoms with Crippen LogP contribution >= 0.6 is 0 Å². The number of methoxy groups -OCH3 is 1. The normalized spacial score (nSPS) is 23.4. The standard InChI is InChI=1S/C21H25N2O2/c1-25-19-13-11-18(12-14-19)23-20-10-6-3-7-15-22(20)16-21(23,24)17-8-4-2-5-9-17/h2,4-5,8-9,11-14,24H,3,6-7,10,15-16H2,1H3/q+1/t21-/m1/s1. The number of amidine groups is 1. The van der Waals surface area contributed by atoms with Crippen LogP contribution in [0.5, 0.6) is 5.75 Å². The summed E-state index contributed by atoms with van der Waals surface area (Å²) in [5.41, 5.74) is 0.903. The first-order valence-electron chi connectivity index (χ1n) is 9.05. The number of nitrogens with zero attached hydrogens (tertiary/aromatic N) is 2. The molecule has 4 rings (SSSR count). The largest absolute Gasteiger partial charge is 0.497 e. The average Bonchev–Trinajstić information content (AvgIpc) is 2.79. The van der Waals surface area contributed by atoms with Crippen LogP contribution in [-0.4, -0.2) is 35.7 Å². The summed E-state index contributed by atoms with van der Waals surface area (Å²) in [4.78, 5) is 2.13. The van der Waals surface area contributed by atoms with Gasteiger partial charge < -0.3 is 9.84 Å². The Morgan fingerprint density at radius 2 is 1.76 bits per heavy atom. The van der Waals surface area contributed by atoms with Crippen molar-refractivity contribution >= 4 is 11.5 Å². The molecule has 2 aromatic rings. The Morgan fingerprint density at radius 1 is 1.00 bits per heavy atom. The molecule has 0 aliphatic carbocycles. The number of aliphatic hydroxyl groups is 1. The van der Waals surface area contributed by atoms with Crippen LogP contribution in [0.4, 0.5) is 5.69 Å². The van der Waals surface area contributed by atoms with Gasteiger partial charge in [0.2, 0.25) is 0 Å². The first-order chi connectivity index (χ1) is 12.2. The maximum absolute atomic E-state index is 11.8. The molecule has 0 fully saturated rings. The molecule has 4 heteroatoms. The number of anilines is 1. The summed E-state index contributed by atoms with van der Waals surface area (Å²) >= 11 is 0. The van der Waals surface area contributed by atoms with Gasteiger partial charge in [0.25, 0.3) is 11.6 Å². The van der Waals surface area contributed by atoms with Crippen LogP contribution in [-0.2, 0) is 5.72 Å². The molecule has 25 heavy (non-hydrogen) atoms. The molecule has 0 saturated carbocycles. The Balaban J connectivity index is 1.81. The molecule has 0 saturated heterocycles. The molecule has 1 N–H and O–H groups in total. The van der Waals surface area contributed by atoms with Gasteiger partial charge in [0.15, 0.2) is 6.54 Å². The van der Waals surface area contributed by atoms with Crippen molar-refractivity contribution < 1.29 is 14.4 Å². The van der Waals surface area contributed by atoms with Crippen molar-refractivity contribution in [2.24, 2.45) is 0 Å². The molecule has 0 spiro atoms. The van der Waals surface area contributed by atoms with Gasteiger partial charge in [-0.25, -0.2) is 0 Å². The van der Waals surface area contributed by atoms with Gasteiger partial charge in [-0.05, 0) is 43.5 Å². The van der Waals surface area contributed by atoms with E-state index in [0.717, 1.165) is 30.0 Å². The zero-order chi connectivity index (χ0) is 17.3. The molecular weight excluding hydrogens is 312 g/mol. The monoisotopic (exact) mass is 337 g/mol. The molecule has 130 valence electrons. The first kappa shape index (κ1) is 16.2. The van der Waals surface area contributed by atoms with E-state index in [9.17, 15) is 5.11 Å². The Hall–Kier alpha value is -2.33. The van der Waals surface area contributed by atoms with Gasteiger partial charge >= 0.3 is 0 Å². The zero-order valence-electron chi connectivity index (χ0n) is 14.7. The van der Waals surface area contributed by atoms with Gasteiger partial charge in [-0.2, -0.15) is 4.90 Å². The van der Waals surface area contributed by atoms with Crippen molar-refractivity contribution in [1.29, 1.82) is 0 Å². The highest BCUT2D eigenvalue weighted by molar-refractivity contribution is 5.97. The van der Waals surface area contributed by atoms with Crippen LogP contribution in [0.2, 0.25) is 0 Å². The van der Waals surface area contributed by atoms with E-state index in [1.54, 1.807) is 7.11 Å². The molecule has 0 radical (unpaired) electrons. The molecule has 2 aliphatic rings. The van der Waals surface area contributed by atoms with E-state index >= 15 is 0 Å². The predicted octanol–water partition coefficient (Wildman–Crippen LogP) is 3.35. The Labute approximate surface area is 149 Å². The summed E-state index contributed by atoms with van der Waals surface area (Å²) in [6.07, 6.45) is 4.61. The third-order valence-electron chi connectivity index (χ3n) is 5.30. The Bertz CT molecular complexity index is 770. The summed E-state index contributed by atoms with van der Waals surface area (Å²) in [6, 6.07) is 18.0. The van der Waals surface area contributed by atoms with E-state index in [2.05, 4.69) is 9.48 Å². The summed E-state index contributed by atoms with van der Waals surface area (Å²) < 4.78 is 7.66. The molecule has 1 atom stereocenters. The Morgan fingerprint density at radius 3 is 2.48 bits per heavy atom. The van der Waals surface area contributed by atoms with Gasteiger partial charge in [0.05, 0.1) is 13.7 Å². The fourth-order valence-corrected chi connectivity index (χ4v) is 4.04.